The maximum atomic E-state index is 12.0. The SMILES string of the molecule is O=C(OCc1nnc(-c2ccc(Br)cc2)o1)c1cccc(I)c1. The minimum Gasteiger partial charge on any atom is -0.452 e. The normalized spacial score (nSPS) is 10.5. The lowest BCUT2D eigenvalue weighted by Crippen LogP contribution is -2.05. The minimum absolute atomic E-state index is 0.0617. The Balaban J connectivity index is 1.65. The van der Waals surface area contributed by atoms with Gasteiger partial charge in [0.05, 0.1) is 5.56 Å². The molecule has 0 N–H and O–H groups in total. The first-order valence-electron chi connectivity index (χ1n) is 6.63. The predicted molar refractivity (Wildman–Crippen MR) is 95.7 cm³/mol. The number of nitrogens with zero attached hydrogens (tertiary/aromatic N) is 2. The summed E-state index contributed by atoms with van der Waals surface area (Å²) in [7, 11) is 0. The lowest BCUT2D eigenvalue weighted by molar-refractivity contribution is 0.0438. The number of aromatic nitrogens is 2. The fourth-order valence-corrected chi connectivity index (χ4v) is 2.65. The molecule has 1 aromatic heterocycles. The van der Waals surface area contributed by atoms with Crippen LogP contribution in [-0.2, 0) is 11.3 Å². The Morgan fingerprint density at radius 3 is 2.70 bits per heavy atom. The van der Waals surface area contributed by atoms with Gasteiger partial charge in [0, 0.05) is 13.6 Å². The predicted octanol–water partition coefficient (Wildman–Crippen LogP) is 4.46. The molecule has 1 heterocycles. The number of hydrogen-bond donors (Lipinski definition) is 0. The molecule has 2 aromatic carbocycles. The van der Waals surface area contributed by atoms with E-state index in [9.17, 15) is 4.79 Å². The van der Waals surface area contributed by atoms with Crippen LogP contribution in [0.1, 0.15) is 16.2 Å². The van der Waals surface area contributed by atoms with Crippen molar-refractivity contribution >= 4 is 44.5 Å². The molecule has 0 aliphatic carbocycles. The Hall–Kier alpha value is -1.74. The van der Waals surface area contributed by atoms with Crippen molar-refractivity contribution in [3.8, 4) is 11.5 Å². The number of ether oxygens (including phenoxy) is 1. The van der Waals surface area contributed by atoms with Crippen LogP contribution in [0.3, 0.4) is 0 Å². The van der Waals surface area contributed by atoms with Crippen molar-refractivity contribution in [3.63, 3.8) is 0 Å². The highest BCUT2D eigenvalue weighted by atomic mass is 127. The molecule has 0 bridgehead atoms. The third kappa shape index (κ3) is 4.17. The van der Waals surface area contributed by atoms with Crippen molar-refractivity contribution < 1.29 is 13.9 Å². The molecule has 0 fully saturated rings. The maximum absolute atomic E-state index is 12.0. The highest BCUT2D eigenvalue weighted by Crippen LogP contribution is 2.20. The monoisotopic (exact) mass is 484 g/mol. The molecule has 0 unspecified atom stereocenters. The number of hydrogen-bond acceptors (Lipinski definition) is 5. The molecule has 7 heteroatoms. The zero-order chi connectivity index (χ0) is 16.2. The van der Waals surface area contributed by atoms with E-state index < -0.39 is 5.97 Å². The average Bonchev–Trinajstić information content (AvgIpc) is 3.02. The summed E-state index contributed by atoms with van der Waals surface area (Å²) in [4.78, 5) is 12.0. The van der Waals surface area contributed by atoms with E-state index in [2.05, 4.69) is 48.7 Å². The Labute approximate surface area is 154 Å². The molecular weight excluding hydrogens is 475 g/mol. The van der Waals surface area contributed by atoms with Crippen molar-refractivity contribution in [3.05, 3.63) is 68.0 Å². The van der Waals surface area contributed by atoms with Gasteiger partial charge in [-0.3, -0.25) is 0 Å². The summed E-state index contributed by atoms with van der Waals surface area (Å²) in [5, 5.41) is 7.85. The fraction of sp³-hybridized carbons (Fsp3) is 0.0625. The van der Waals surface area contributed by atoms with Crippen LogP contribution in [0.25, 0.3) is 11.5 Å². The van der Waals surface area contributed by atoms with Gasteiger partial charge in [-0.1, -0.05) is 22.0 Å². The molecule has 0 saturated carbocycles. The number of carbonyl (C=O) groups is 1. The first-order chi connectivity index (χ1) is 11.1. The number of esters is 1. The first kappa shape index (κ1) is 16.1. The van der Waals surface area contributed by atoms with Crippen molar-refractivity contribution in [2.24, 2.45) is 0 Å². The molecule has 3 rings (SSSR count). The van der Waals surface area contributed by atoms with Gasteiger partial charge < -0.3 is 9.15 Å². The lowest BCUT2D eigenvalue weighted by Gasteiger charge is -2.02. The molecule has 0 spiro atoms. The number of halogens is 2. The zero-order valence-electron chi connectivity index (χ0n) is 11.7. The van der Waals surface area contributed by atoms with Gasteiger partial charge in [0.15, 0.2) is 6.61 Å². The van der Waals surface area contributed by atoms with Crippen molar-refractivity contribution in [2.45, 2.75) is 6.61 Å². The van der Waals surface area contributed by atoms with Gasteiger partial charge in [-0.25, -0.2) is 4.79 Å². The molecular formula is C16H10BrIN2O3. The molecule has 23 heavy (non-hydrogen) atoms. The molecule has 3 aromatic rings. The van der Waals surface area contributed by atoms with Crippen LogP contribution in [0, 0.1) is 3.57 Å². The van der Waals surface area contributed by atoms with E-state index in [-0.39, 0.29) is 12.5 Å². The van der Waals surface area contributed by atoms with Crippen molar-refractivity contribution in [1.29, 1.82) is 0 Å². The number of carbonyl (C=O) groups excluding carboxylic acids is 1. The largest absolute Gasteiger partial charge is 0.452 e. The van der Waals surface area contributed by atoms with E-state index in [4.69, 9.17) is 9.15 Å². The minimum atomic E-state index is -0.424. The van der Waals surface area contributed by atoms with E-state index in [0.717, 1.165) is 13.6 Å². The van der Waals surface area contributed by atoms with Gasteiger partial charge in [0.1, 0.15) is 0 Å². The van der Waals surface area contributed by atoms with Crippen LogP contribution in [-0.4, -0.2) is 16.2 Å². The second kappa shape index (κ2) is 7.22. The summed E-state index contributed by atoms with van der Waals surface area (Å²) >= 11 is 5.51. The summed E-state index contributed by atoms with van der Waals surface area (Å²) in [6, 6.07) is 14.6. The van der Waals surface area contributed by atoms with E-state index in [1.54, 1.807) is 18.2 Å². The molecule has 5 nitrogen and oxygen atoms in total. The Morgan fingerprint density at radius 1 is 1.17 bits per heavy atom. The summed E-state index contributed by atoms with van der Waals surface area (Å²) in [5.41, 5.74) is 1.29. The van der Waals surface area contributed by atoms with Gasteiger partial charge in [-0.2, -0.15) is 0 Å². The van der Waals surface area contributed by atoms with Gasteiger partial charge >= 0.3 is 5.97 Å². The van der Waals surface area contributed by atoms with Crippen molar-refractivity contribution in [1.82, 2.24) is 10.2 Å². The Kier molecular flexibility index (Phi) is 5.06. The topological polar surface area (TPSA) is 65.2 Å². The smallest absolute Gasteiger partial charge is 0.338 e. The molecule has 0 aliphatic rings. The zero-order valence-corrected chi connectivity index (χ0v) is 15.4. The number of rotatable bonds is 4. The third-order valence-electron chi connectivity index (χ3n) is 2.95. The van der Waals surface area contributed by atoms with Gasteiger partial charge in [-0.15, -0.1) is 10.2 Å². The average molecular weight is 485 g/mol. The third-order valence-corrected chi connectivity index (χ3v) is 4.14. The van der Waals surface area contributed by atoms with Crippen LogP contribution in [0.4, 0.5) is 0 Å². The van der Waals surface area contributed by atoms with Crippen LogP contribution in [0.5, 0.6) is 0 Å². The second-order valence-electron chi connectivity index (χ2n) is 4.59. The van der Waals surface area contributed by atoms with Gasteiger partial charge in [0.25, 0.3) is 5.89 Å². The maximum Gasteiger partial charge on any atom is 0.338 e. The van der Waals surface area contributed by atoms with E-state index in [1.807, 2.05) is 30.3 Å². The first-order valence-corrected chi connectivity index (χ1v) is 8.50. The lowest BCUT2D eigenvalue weighted by atomic mass is 10.2. The van der Waals surface area contributed by atoms with Crippen LogP contribution in [0.15, 0.2) is 57.4 Å². The van der Waals surface area contributed by atoms with Gasteiger partial charge in [-0.05, 0) is 65.1 Å². The summed E-state index contributed by atoms with van der Waals surface area (Å²) in [6.45, 7) is -0.0617. The van der Waals surface area contributed by atoms with E-state index in [0.29, 0.717) is 11.5 Å². The molecule has 0 radical (unpaired) electrons. The van der Waals surface area contributed by atoms with Crippen LogP contribution < -0.4 is 0 Å². The van der Waals surface area contributed by atoms with E-state index >= 15 is 0 Å². The quantitative estimate of drug-likeness (QED) is 0.404. The molecule has 0 saturated heterocycles. The second-order valence-corrected chi connectivity index (χ2v) is 6.76. The fourth-order valence-electron chi connectivity index (χ4n) is 1.85. The Morgan fingerprint density at radius 2 is 1.96 bits per heavy atom. The molecule has 116 valence electrons. The summed E-state index contributed by atoms with van der Waals surface area (Å²) in [6.07, 6.45) is 0. The van der Waals surface area contributed by atoms with Crippen molar-refractivity contribution in [2.75, 3.05) is 0 Å². The van der Waals surface area contributed by atoms with Crippen LogP contribution in [0.2, 0.25) is 0 Å². The molecule has 0 amide bonds. The highest BCUT2D eigenvalue weighted by Gasteiger charge is 2.12. The number of benzene rings is 2. The molecule has 0 aliphatic heterocycles. The highest BCUT2D eigenvalue weighted by molar-refractivity contribution is 14.1. The summed E-state index contributed by atoms with van der Waals surface area (Å²) < 4.78 is 12.6. The Bertz CT molecular complexity index is 833. The van der Waals surface area contributed by atoms with E-state index in [1.165, 1.54) is 0 Å². The van der Waals surface area contributed by atoms with Gasteiger partial charge in [0.2, 0.25) is 5.89 Å². The molecule has 0 atom stereocenters. The standard InChI is InChI=1S/C16H10BrIN2O3/c17-12-6-4-10(5-7-12)15-20-19-14(23-15)9-22-16(21)11-2-1-3-13(18)8-11/h1-8H,9H2. The van der Waals surface area contributed by atoms with Crippen LogP contribution >= 0.6 is 38.5 Å². The summed E-state index contributed by atoms with van der Waals surface area (Å²) in [5.74, 6) is 0.214.